The average molecular weight is 432 g/mol. The number of anilines is 3. The van der Waals surface area contributed by atoms with Crippen LogP contribution in [0.3, 0.4) is 0 Å². The summed E-state index contributed by atoms with van der Waals surface area (Å²) in [6.45, 7) is 3.12. The molecule has 1 aliphatic heterocycles. The van der Waals surface area contributed by atoms with Crippen molar-refractivity contribution in [2.24, 2.45) is 0 Å². The zero-order valence-electron chi connectivity index (χ0n) is 17.8. The Kier molecular flexibility index (Phi) is 6.07. The Morgan fingerprint density at radius 1 is 1.00 bits per heavy atom. The molecular weight excluding hydrogens is 407 g/mol. The van der Waals surface area contributed by atoms with Gasteiger partial charge in [0.1, 0.15) is 5.82 Å². The van der Waals surface area contributed by atoms with Gasteiger partial charge < -0.3 is 21.3 Å². The van der Waals surface area contributed by atoms with Crippen molar-refractivity contribution >= 4 is 28.9 Å². The van der Waals surface area contributed by atoms with Crippen LogP contribution in [-0.2, 0) is 4.79 Å². The lowest BCUT2D eigenvalue weighted by atomic mass is 10.0. The molecule has 4 N–H and O–H groups in total. The van der Waals surface area contributed by atoms with E-state index in [-0.39, 0.29) is 23.7 Å². The first-order valence-electron chi connectivity index (χ1n) is 10.5. The van der Waals surface area contributed by atoms with Gasteiger partial charge >= 0.3 is 0 Å². The molecule has 2 amide bonds. The molecule has 0 aliphatic carbocycles. The minimum Gasteiger partial charge on any atom is -0.397 e. The highest BCUT2D eigenvalue weighted by molar-refractivity contribution is 6.06. The van der Waals surface area contributed by atoms with E-state index in [1.54, 1.807) is 36.4 Å². The summed E-state index contributed by atoms with van der Waals surface area (Å²) in [5, 5.41) is 5.81. The number of nitrogen functional groups attached to an aromatic ring is 1. The SMILES string of the molecule is CC(=O)N[C@@H]1CCN(c2ccc(C(=O)Nc3cc(-c4ccc(F)cc4)ccc3N)cc2)C1. The molecule has 0 bridgehead atoms. The number of carbonyl (C=O) groups excluding carboxylic acids is 2. The molecule has 6 nitrogen and oxygen atoms in total. The van der Waals surface area contributed by atoms with Gasteiger partial charge in [-0.15, -0.1) is 0 Å². The Balaban J connectivity index is 1.44. The largest absolute Gasteiger partial charge is 0.397 e. The van der Waals surface area contributed by atoms with Crippen molar-refractivity contribution in [2.75, 3.05) is 29.0 Å². The zero-order chi connectivity index (χ0) is 22.7. The molecule has 1 saturated heterocycles. The molecule has 1 atom stereocenters. The number of amides is 2. The van der Waals surface area contributed by atoms with Crippen LogP contribution in [0, 0.1) is 5.82 Å². The van der Waals surface area contributed by atoms with Gasteiger partial charge in [0, 0.05) is 37.3 Å². The van der Waals surface area contributed by atoms with Crippen molar-refractivity contribution in [3.8, 4) is 11.1 Å². The fourth-order valence-electron chi connectivity index (χ4n) is 3.90. The molecule has 4 rings (SSSR count). The van der Waals surface area contributed by atoms with Gasteiger partial charge in [0.25, 0.3) is 5.91 Å². The number of nitrogens with zero attached hydrogens (tertiary/aromatic N) is 1. The van der Waals surface area contributed by atoms with Gasteiger partial charge in [-0.1, -0.05) is 18.2 Å². The third kappa shape index (κ3) is 4.88. The predicted molar refractivity (Wildman–Crippen MR) is 125 cm³/mol. The van der Waals surface area contributed by atoms with E-state index in [9.17, 15) is 14.0 Å². The normalized spacial score (nSPS) is 15.4. The molecule has 0 radical (unpaired) electrons. The summed E-state index contributed by atoms with van der Waals surface area (Å²) in [4.78, 5) is 26.2. The number of rotatable bonds is 5. The first-order valence-corrected chi connectivity index (χ1v) is 10.5. The van der Waals surface area contributed by atoms with Crippen molar-refractivity contribution < 1.29 is 14.0 Å². The highest BCUT2D eigenvalue weighted by Gasteiger charge is 2.23. The van der Waals surface area contributed by atoms with Gasteiger partial charge in [0.15, 0.2) is 0 Å². The van der Waals surface area contributed by atoms with E-state index in [1.807, 2.05) is 18.2 Å². The van der Waals surface area contributed by atoms with E-state index < -0.39 is 0 Å². The molecule has 3 aromatic rings. The fourth-order valence-corrected chi connectivity index (χ4v) is 3.90. The summed E-state index contributed by atoms with van der Waals surface area (Å²) in [6.07, 6.45) is 0.894. The molecule has 0 saturated carbocycles. The predicted octanol–water partition coefficient (Wildman–Crippen LogP) is 4.04. The van der Waals surface area contributed by atoms with E-state index in [2.05, 4.69) is 15.5 Å². The van der Waals surface area contributed by atoms with E-state index in [4.69, 9.17) is 5.73 Å². The lowest BCUT2D eigenvalue weighted by Crippen LogP contribution is -2.35. The number of benzene rings is 3. The van der Waals surface area contributed by atoms with Crippen molar-refractivity contribution in [3.63, 3.8) is 0 Å². The summed E-state index contributed by atoms with van der Waals surface area (Å²) < 4.78 is 13.2. The Bertz CT molecular complexity index is 1130. The average Bonchev–Trinajstić information content (AvgIpc) is 3.24. The minimum absolute atomic E-state index is 0.0216. The Morgan fingerprint density at radius 2 is 1.69 bits per heavy atom. The fraction of sp³-hybridized carbons (Fsp3) is 0.200. The van der Waals surface area contributed by atoms with Crippen LogP contribution < -0.4 is 21.3 Å². The van der Waals surface area contributed by atoms with E-state index in [1.165, 1.54) is 19.1 Å². The van der Waals surface area contributed by atoms with Crippen LogP contribution in [-0.4, -0.2) is 30.9 Å². The van der Waals surface area contributed by atoms with Crippen LogP contribution >= 0.6 is 0 Å². The number of nitrogens with one attached hydrogen (secondary N) is 2. The summed E-state index contributed by atoms with van der Waals surface area (Å²) in [6, 6.07) is 19.0. The maximum Gasteiger partial charge on any atom is 0.255 e. The summed E-state index contributed by atoms with van der Waals surface area (Å²) in [5.41, 5.74) is 10.2. The van der Waals surface area contributed by atoms with Gasteiger partial charge in [0.2, 0.25) is 5.91 Å². The number of hydrogen-bond acceptors (Lipinski definition) is 4. The quantitative estimate of drug-likeness (QED) is 0.531. The molecule has 0 unspecified atom stereocenters. The van der Waals surface area contributed by atoms with E-state index in [0.29, 0.717) is 16.9 Å². The lowest BCUT2D eigenvalue weighted by Gasteiger charge is -2.19. The number of hydrogen-bond donors (Lipinski definition) is 3. The summed E-state index contributed by atoms with van der Waals surface area (Å²) in [7, 11) is 0. The smallest absolute Gasteiger partial charge is 0.255 e. The maximum atomic E-state index is 13.2. The topological polar surface area (TPSA) is 87.5 Å². The zero-order valence-corrected chi connectivity index (χ0v) is 17.8. The Morgan fingerprint density at radius 3 is 2.38 bits per heavy atom. The number of carbonyl (C=O) groups is 2. The molecule has 1 fully saturated rings. The van der Waals surface area contributed by atoms with Gasteiger partial charge in [-0.2, -0.15) is 0 Å². The minimum atomic E-state index is -0.305. The van der Waals surface area contributed by atoms with Crippen LogP contribution in [0.25, 0.3) is 11.1 Å². The van der Waals surface area contributed by atoms with Crippen LogP contribution in [0.1, 0.15) is 23.7 Å². The molecule has 3 aromatic carbocycles. The van der Waals surface area contributed by atoms with Gasteiger partial charge in [-0.25, -0.2) is 4.39 Å². The van der Waals surface area contributed by atoms with Crippen LogP contribution in [0.15, 0.2) is 66.7 Å². The molecule has 7 heteroatoms. The molecule has 1 heterocycles. The number of nitrogens with two attached hydrogens (primary N) is 1. The first-order chi connectivity index (χ1) is 15.4. The summed E-state index contributed by atoms with van der Waals surface area (Å²) >= 11 is 0. The molecule has 0 aromatic heterocycles. The second-order valence-corrected chi connectivity index (χ2v) is 7.94. The third-order valence-electron chi connectivity index (χ3n) is 5.57. The molecule has 1 aliphatic rings. The highest BCUT2D eigenvalue weighted by atomic mass is 19.1. The molecule has 0 spiro atoms. The Hall–Kier alpha value is -3.87. The number of halogens is 1. The second-order valence-electron chi connectivity index (χ2n) is 7.94. The van der Waals surface area contributed by atoms with Gasteiger partial charge in [-0.3, -0.25) is 9.59 Å². The van der Waals surface area contributed by atoms with Gasteiger partial charge in [-0.05, 0) is 66.1 Å². The summed E-state index contributed by atoms with van der Waals surface area (Å²) in [5.74, 6) is -0.593. The molecule has 32 heavy (non-hydrogen) atoms. The van der Waals surface area contributed by atoms with Crippen molar-refractivity contribution in [1.29, 1.82) is 0 Å². The van der Waals surface area contributed by atoms with Crippen molar-refractivity contribution in [2.45, 2.75) is 19.4 Å². The molecule has 164 valence electrons. The van der Waals surface area contributed by atoms with E-state index >= 15 is 0 Å². The third-order valence-corrected chi connectivity index (χ3v) is 5.57. The highest BCUT2D eigenvalue weighted by Crippen LogP contribution is 2.28. The van der Waals surface area contributed by atoms with E-state index in [0.717, 1.165) is 36.3 Å². The second kappa shape index (κ2) is 9.09. The maximum absolute atomic E-state index is 13.2. The van der Waals surface area contributed by atoms with Crippen molar-refractivity contribution in [1.82, 2.24) is 5.32 Å². The van der Waals surface area contributed by atoms with Crippen LogP contribution in [0.4, 0.5) is 21.5 Å². The van der Waals surface area contributed by atoms with Gasteiger partial charge in [0.05, 0.1) is 11.4 Å². The Labute approximate surface area is 186 Å². The standard InChI is InChI=1S/C25H25FN4O2/c1-16(31)28-21-12-13-30(15-21)22-9-4-18(5-10-22)25(32)29-24-14-19(6-11-23(24)27)17-2-7-20(26)8-3-17/h2-11,14,21H,12-13,15,27H2,1H3,(H,28,31)(H,29,32)/t21-/m1/s1. The van der Waals surface area contributed by atoms with Crippen LogP contribution in [0.5, 0.6) is 0 Å². The first kappa shape index (κ1) is 21.4. The monoisotopic (exact) mass is 432 g/mol. The molecular formula is C25H25FN4O2. The van der Waals surface area contributed by atoms with Crippen LogP contribution in [0.2, 0.25) is 0 Å². The van der Waals surface area contributed by atoms with Crippen molar-refractivity contribution in [3.05, 3.63) is 78.1 Å². The lowest BCUT2D eigenvalue weighted by molar-refractivity contribution is -0.119.